The van der Waals surface area contributed by atoms with Crippen LogP contribution in [0, 0.1) is 5.82 Å². The molecule has 0 spiro atoms. The Bertz CT molecular complexity index is 742. The molecule has 1 aromatic carbocycles. The number of hydrogen-bond acceptors (Lipinski definition) is 3. The molecule has 1 saturated heterocycles. The van der Waals surface area contributed by atoms with Gasteiger partial charge in [-0.15, -0.1) is 0 Å². The molecular weight excluding hydrogens is 313 g/mol. The van der Waals surface area contributed by atoms with E-state index in [1.54, 1.807) is 17.0 Å². The Morgan fingerprint density at radius 1 is 1.21 bits per heavy atom. The van der Waals surface area contributed by atoms with Gasteiger partial charge in [-0.1, -0.05) is 12.1 Å². The minimum atomic E-state index is -1.14. The van der Waals surface area contributed by atoms with Crippen molar-refractivity contribution in [3.05, 3.63) is 53.1 Å². The third-order valence-corrected chi connectivity index (χ3v) is 4.38. The zero-order chi connectivity index (χ0) is 17.1. The first-order chi connectivity index (χ1) is 11.5. The number of carbonyl (C=O) groups excluding carboxylic acids is 1. The lowest BCUT2D eigenvalue weighted by atomic mass is 9.92. The fourth-order valence-electron chi connectivity index (χ4n) is 3.07. The van der Waals surface area contributed by atoms with Crippen molar-refractivity contribution in [3.8, 4) is 0 Å². The minimum Gasteiger partial charge on any atom is -0.477 e. The summed E-state index contributed by atoms with van der Waals surface area (Å²) >= 11 is 0. The number of carboxylic acids is 1. The van der Waals surface area contributed by atoms with Crippen LogP contribution in [0.3, 0.4) is 0 Å². The van der Waals surface area contributed by atoms with E-state index >= 15 is 0 Å². The molecule has 1 fully saturated rings. The second kappa shape index (κ2) is 6.82. The number of aromatic amines is 1. The first kappa shape index (κ1) is 16.2. The van der Waals surface area contributed by atoms with E-state index in [4.69, 9.17) is 5.11 Å². The summed E-state index contributed by atoms with van der Waals surface area (Å²) in [6.45, 7) is 1.17. The maximum Gasteiger partial charge on any atom is 0.353 e. The molecule has 1 atom stereocenters. The molecule has 2 aromatic rings. The van der Waals surface area contributed by atoms with Crippen molar-refractivity contribution < 1.29 is 19.1 Å². The number of aromatic carboxylic acids is 1. The highest BCUT2D eigenvalue weighted by Gasteiger charge is 2.24. The predicted octanol–water partition coefficient (Wildman–Crippen LogP) is 2.66. The number of carboxylic acid groups (broad SMARTS) is 1. The molecule has 0 saturated carbocycles. The summed E-state index contributed by atoms with van der Waals surface area (Å²) in [4.78, 5) is 25.0. The smallest absolute Gasteiger partial charge is 0.353 e. The maximum absolute atomic E-state index is 13.0. The first-order valence-electron chi connectivity index (χ1n) is 7.88. The van der Waals surface area contributed by atoms with Gasteiger partial charge in [0.2, 0.25) is 0 Å². The third-order valence-electron chi connectivity index (χ3n) is 4.38. The van der Waals surface area contributed by atoms with E-state index in [0.29, 0.717) is 13.1 Å². The molecular formula is C17H18FN3O3. The predicted molar refractivity (Wildman–Crippen MR) is 84.4 cm³/mol. The molecule has 126 valence electrons. The van der Waals surface area contributed by atoms with Crippen LogP contribution in [-0.4, -0.2) is 45.2 Å². The van der Waals surface area contributed by atoms with Gasteiger partial charge in [0.1, 0.15) is 11.5 Å². The van der Waals surface area contributed by atoms with Crippen LogP contribution in [0.4, 0.5) is 4.39 Å². The van der Waals surface area contributed by atoms with Crippen LogP contribution in [0.1, 0.15) is 51.7 Å². The van der Waals surface area contributed by atoms with E-state index in [1.807, 2.05) is 0 Å². The molecule has 1 unspecified atom stereocenters. The Balaban J connectivity index is 1.67. The van der Waals surface area contributed by atoms with Crippen LogP contribution in [0.25, 0.3) is 0 Å². The van der Waals surface area contributed by atoms with Gasteiger partial charge in [0.25, 0.3) is 5.91 Å². The number of H-pyrrole nitrogens is 1. The van der Waals surface area contributed by atoms with Crippen LogP contribution < -0.4 is 0 Å². The Hall–Kier alpha value is -2.70. The van der Waals surface area contributed by atoms with Crippen molar-refractivity contribution in [2.45, 2.75) is 25.2 Å². The topological polar surface area (TPSA) is 86.3 Å². The molecule has 24 heavy (non-hydrogen) atoms. The van der Waals surface area contributed by atoms with E-state index in [-0.39, 0.29) is 29.0 Å². The van der Waals surface area contributed by atoms with E-state index in [9.17, 15) is 14.0 Å². The van der Waals surface area contributed by atoms with Gasteiger partial charge in [-0.05, 0) is 42.9 Å². The molecule has 0 aliphatic carbocycles. The standard InChI is InChI=1S/C17H18FN3O3/c18-13-5-3-12(4-6-13)11-2-1-8-21(9-7-11)16(22)14-10-15(17(23)24)20-19-14/h3-6,10-11H,1-2,7-9H2,(H,19,20)(H,23,24). The number of nitrogens with zero attached hydrogens (tertiary/aromatic N) is 2. The third kappa shape index (κ3) is 3.45. The molecule has 1 aliphatic heterocycles. The number of likely N-dealkylation sites (tertiary alicyclic amines) is 1. The monoisotopic (exact) mass is 331 g/mol. The average molecular weight is 331 g/mol. The first-order valence-corrected chi connectivity index (χ1v) is 7.88. The molecule has 1 amide bonds. The number of rotatable bonds is 3. The fourth-order valence-corrected chi connectivity index (χ4v) is 3.07. The quantitative estimate of drug-likeness (QED) is 0.905. The molecule has 0 radical (unpaired) electrons. The molecule has 7 heteroatoms. The highest BCUT2D eigenvalue weighted by molar-refractivity contribution is 5.95. The highest BCUT2D eigenvalue weighted by atomic mass is 19.1. The van der Waals surface area contributed by atoms with Gasteiger partial charge in [-0.25, -0.2) is 9.18 Å². The van der Waals surface area contributed by atoms with Gasteiger partial charge < -0.3 is 10.0 Å². The van der Waals surface area contributed by atoms with Gasteiger partial charge in [0, 0.05) is 19.2 Å². The second-order valence-electron chi connectivity index (χ2n) is 5.94. The van der Waals surface area contributed by atoms with Crippen LogP contribution >= 0.6 is 0 Å². The number of aromatic nitrogens is 2. The van der Waals surface area contributed by atoms with Crippen LogP contribution in [-0.2, 0) is 0 Å². The number of halogens is 1. The van der Waals surface area contributed by atoms with E-state index in [1.165, 1.54) is 18.2 Å². The van der Waals surface area contributed by atoms with Crippen LogP contribution in [0.2, 0.25) is 0 Å². The fraction of sp³-hybridized carbons (Fsp3) is 0.353. The summed E-state index contributed by atoms with van der Waals surface area (Å²) in [5.41, 5.74) is 1.10. The van der Waals surface area contributed by atoms with Gasteiger partial charge in [0.15, 0.2) is 5.69 Å². The number of nitrogens with one attached hydrogen (secondary N) is 1. The van der Waals surface area contributed by atoms with E-state index in [0.717, 1.165) is 24.8 Å². The van der Waals surface area contributed by atoms with Gasteiger partial charge in [0.05, 0.1) is 0 Å². The molecule has 6 nitrogen and oxygen atoms in total. The van der Waals surface area contributed by atoms with Crippen molar-refractivity contribution in [1.82, 2.24) is 15.1 Å². The number of amides is 1. The minimum absolute atomic E-state index is 0.0997. The van der Waals surface area contributed by atoms with Crippen LogP contribution in [0.5, 0.6) is 0 Å². The van der Waals surface area contributed by atoms with Crippen molar-refractivity contribution in [2.24, 2.45) is 0 Å². The summed E-state index contributed by atoms with van der Waals surface area (Å²) in [5, 5.41) is 15.0. The normalized spacial score (nSPS) is 18.2. The summed E-state index contributed by atoms with van der Waals surface area (Å²) in [5.74, 6) is -1.37. The second-order valence-corrected chi connectivity index (χ2v) is 5.94. The lowest BCUT2D eigenvalue weighted by Gasteiger charge is -2.19. The Morgan fingerprint density at radius 3 is 2.62 bits per heavy atom. The van der Waals surface area contributed by atoms with Gasteiger partial charge in [-0.3, -0.25) is 9.89 Å². The average Bonchev–Trinajstić information content (AvgIpc) is 2.94. The Kier molecular flexibility index (Phi) is 4.59. The zero-order valence-electron chi connectivity index (χ0n) is 13.0. The van der Waals surface area contributed by atoms with E-state index in [2.05, 4.69) is 10.2 Å². The lowest BCUT2D eigenvalue weighted by molar-refractivity contribution is 0.0690. The maximum atomic E-state index is 13.0. The van der Waals surface area contributed by atoms with E-state index < -0.39 is 5.97 Å². The molecule has 2 heterocycles. The summed E-state index contributed by atoms with van der Waals surface area (Å²) < 4.78 is 13.0. The van der Waals surface area contributed by atoms with Crippen molar-refractivity contribution >= 4 is 11.9 Å². The summed E-state index contributed by atoms with van der Waals surface area (Å²) in [6.07, 6.45) is 2.55. The number of carbonyl (C=O) groups is 2. The lowest BCUT2D eigenvalue weighted by Crippen LogP contribution is -2.32. The summed E-state index contributed by atoms with van der Waals surface area (Å²) in [7, 11) is 0. The Morgan fingerprint density at radius 2 is 1.96 bits per heavy atom. The SMILES string of the molecule is O=C(O)c1cc(C(=O)N2CCCC(c3ccc(F)cc3)CC2)n[nH]1. The molecule has 2 N–H and O–H groups in total. The molecule has 1 aromatic heterocycles. The van der Waals surface area contributed by atoms with Crippen LogP contribution in [0.15, 0.2) is 30.3 Å². The summed E-state index contributed by atoms with van der Waals surface area (Å²) in [6, 6.07) is 7.77. The van der Waals surface area contributed by atoms with Crippen molar-refractivity contribution in [3.63, 3.8) is 0 Å². The van der Waals surface area contributed by atoms with Gasteiger partial charge >= 0.3 is 5.97 Å². The largest absolute Gasteiger partial charge is 0.477 e. The number of hydrogen-bond donors (Lipinski definition) is 2. The molecule has 0 bridgehead atoms. The highest BCUT2D eigenvalue weighted by Crippen LogP contribution is 2.28. The Labute approximate surface area is 138 Å². The van der Waals surface area contributed by atoms with Crippen molar-refractivity contribution in [1.29, 1.82) is 0 Å². The van der Waals surface area contributed by atoms with Gasteiger partial charge in [-0.2, -0.15) is 5.10 Å². The zero-order valence-corrected chi connectivity index (χ0v) is 13.0. The van der Waals surface area contributed by atoms with Crippen molar-refractivity contribution in [2.75, 3.05) is 13.1 Å². The molecule has 1 aliphatic rings. The number of benzene rings is 1. The molecule has 3 rings (SSSR count).